The molecule has 0 amide bonds. The molecule has 4 rings (SSSR count). The highest BCUT2D eigenvalue weighted by molar-refractivity contribution is 5.59. The lowest BCUT2D eigenvalue weighted by Gasteiger charge is -2.07. The van der Waals surface area contributed by atoms with Crippen LogP contribution in [0, 0.1) is 11.8 Å². The Bertz CT molecular complexity index is 1180. The fourth-order valence-corrected chi connectivity index (χ4v) is 3.07. The minimum absolute atomic E-state index is 0.0303. The molecular weight excluding hydrogens is 378 g/mol. The predicted molar refractivity (Wildman–Crippen MR) is 112 cm³/mol. The molecule has 2 aromatic carbocycles. The fraction of sp³-hybridized carbons (Fsp3) is 0.167. The van der Waals surface area contributed by atoms with Crippen LogP contribution < -0.4 is 0 Å². The first kappa shape index (κ1) is 19.6. The molecule has 0 aliphatic carbocycles. The standard InChI is InChI=1S/C24H21N3O3/c1-17(29)24-25-12-13-27(24)15-22-14-23(30-26-22)21-10-8-19(9-11-21)3-2-18-4-6-20(16-28)7-5-18/h4-14,17,28-29H,15-16H2,1H3. The molecule has 0 fully saturated rings. The molecule has 30 heavy (non-hydrogen) atoms. The van der Waals surface area contributed by atoms with Gasteiger partial charge in [-0.05, 0) is 48.9 Å². The molecule has 0 saturated heterocycles. The van der Waals surface area contributed by atoms with Crippen molar-refractivity contribution in [2.45, 2.75) is 26.2 Å². The van der Waals surface area contributed by atoms with Gasteiger partial charge in [-0.2, -0.15) is 0 Å². The molecule has 2 heterocycles. The zero-order chi connectivity index (χ0) is 20.9. The molecule has 0 bridgehead atoms. The molecule has 150 valence electrons. The van der Waals surface area contributed by atoms with E-state index in [4.69, 9.17) is 9.63 Å². The highest BCUT2D eigenvalue weighted by atomic mass is 16.5. The summed E-state index contributed by atoms with van der Waals surface area (Å²) in [5.74, 6) is 7.51. The molecule has 0 aliphatic rings. The second-order valence-corrected chi connectivity index (χ2v) is 6.95. The van der Waals surface area contributed by atoms with Crippen LogP contribution in [0.15, 0.2) is 71.5 Å². The summed E-state index contributed by atoms with van der Waals surface area (Å²) in [6.07, 6.45) is 2.82. The first-order chi connectivity index (χ1) is 14.6. The van der Waals surface area contributed by atoms with Gasteiger partial charge in [-0.3, -0.25) is 0 Å². The second-order valence-electron chi connectivity index (χ2n) is 6.95. The summed E-state index contributed by atoms with van der Waals surface area (Å²) in [6.45, 7) is 2.19. The number of rotatable bonds is 5. The molecule has 1 unspecified atom stereocenters. The summed E-state index contributed by atoms with van der Waals surface area (Å²) in [7, 11) is 0. The third-order valence-electron chi connectivity index (χ3n) is 4.67. The number of hydrogen-bond donors (Lipinski definition) is 2. The number of nitrogens with zero attached hydrogens (tertiary/aromatic N) is 3. The first-order valence-corrected chi connectivity index (χ1v) is 9.59. The number of imidazole rings is 1. The Kier molecular flexibility index (Phi) is 5.75. The third kappa shape index (κ3) is 4.49. The van der Waals surface area contributed by atoms with Crippen LogP contribution in [0.4, 0.5) is 0 Å². The Hall–Kier alpha value is -3.66. The molecule has 0 saturated carbocycles. The lowest BCUT2D eigenvalue weighted by atomic mass is 10.1. The van der Waals surface area contributed by atoms with Crippen molar-refractivity contribution in [3.8, 4) is 23.2 Å². The molecule has 1 atom stereocenters. The lowest BCUT2D eigenvalue weighted by Crippen LogP contribution is -2.07. The highest BCUT2D eigenvalue weighted by Crippen LogP contribution is 2.22. The van der Waals surface area contributed by atoms with Gasteiger partial charge in [0.25, 0.3) is 0 Å². The maximum absolute atomic E-state index is 9.77. The van der Waals surface area contributed by atoms with E-state index in [1.807, 2.05) is 59.2 Å². The van der Waals surface area contributed by atoms with Crippen molar-refractivity contribution < 1.29 is 14.7 Å². The highest BCUT2D eigenvalue weighted by Gasteiger charge is 2.12. The smallest absolute Gasteiger partial charge is 0.167 e. The van der Waals surface area contributed by atoms with Crippen LogP contribution in [0.25, 0.3) is 11.3 Å². The van der Waals surface area contributed by atoms with Crippen LogP contribution in [0.1, 0.15) is 41.2 Å². The fourth-order valence-electron chi connectivity index (χ4n) is 3.07. The van der Waals surface area contributed by atoms with Crippen LogP contribution in [-0.2, 0) is 13.2 Å². The summed E-state index contributed by atoms with van der Waals surface area (Å²) in [5.41, 5.74) is 4.32. The number of hydrogen-bond acceptors (Lipinski definition) is 5. The van der Waals surface area contributed by atoms with Gasteiger partial charge in [0.15, 0.2) is 5.76 Å². The third-order valence-corrected chi connectivity index (χ3v) is 4.67. The van der Waals surface area contributed by atoms with E-state index in [0.717, 1.165) is 27.9 Å². The maximum atomic E-state index is 9.77. The van der Waals surface area contributed by atoms with Crippen molar-refractivity contribution in [2.75, 3.05) is 0 Å². The molecule has 2 N–H and O–H groups in total. The Morgan fingerprint density at radius 2 is 1.70 bits per heavy atom. The number of aliphatic hydroxyl groups is 2. The normalized spacial score (nSPS) is 11.7. The van der Waals surface area contributed by atoms with E-state index in [1.54, 1.807) is 19.3 Å². The van der Waals surface area contributed by atoms with E-state index >= 15 is 0 Å². The summed E-state index contributed by atoms with van der Waals surface area (Å²) < 4.78 is 7.33. The molecule has 4 aromatic rings. The van der Waals surface area contributed by atoms with Crippen molar-refractivity contribution >= 4 is 0 Å². The van der Waals surface area contributed by atoms with Crippen LogP contribution in [0.3, 0.4) is 0 Å². The lowest BCUT2D eigenvalue weighted by molar-refractivity contribution is 0.184. The summed E-state index contributed by atoms with van der Waals surface area (Å²) >= 11 is 0. The minimum atomic E-state index is -0.646. The molecule has 0 radical (unpaired) electrons. The number of aromatic nitrogens is 3. The van der Waals surface area contributed by atoms with E-state index in [2.05, 4.69) is 22.0 Å². The Morgan fingerprint density at radius 3 is 2.33 bits per heavy atom. The first-order valence-electron chi connectivity index (χ1n) is 9.59. The van der Waals surface area contributed by atoms with Crippen LogP contribution >= 0.6 is 0 Å². The van der Waals surface area contributed by atoms with E-state index in [9.17, 15) is 5.11 Å². The van der Waals surface area contributed by atoms with Crippen molar-refractivity contribution in [3.05, 3.63) is 95.2 Å². The maximum Gasteiger partial charge on any atom is 0.167 e. The molecule has 6 nitrogen and oxygen atoms in total. The monoisotopic (exact) mass is 399 g/mol. The van der Waals surface area contributed by atoms with Gasteiger partial charge in [0.05, 0.1) is 13.2 Å². The van der Waals surface area contributed by atoms with Gasteiger partial charge < -0.3 is 19.3 Å². The van der Waals surface area contributed by atoms with Gasteiger partial charge >= 0.3 is 0 Å². The van der Waals surface area contributed by atoms with Gasteiger partial charge in [0.1, 0.15) is 17.6 Å². The number of benzene rings is 2. The van der Waals surface area contributed by atoms with Crippen molar-refractivity contribution in [3.63, 3.8) is 0 Å². The Balaban J connectivity index is 1.46. The van der Waals surface area contributed by atoms with Gasteiger partial charge in [0.2, 0.25) is 0 Å². The van der Waals surface area contributed by atoms with Crippen molar-refractivity contribution in [2.24, 2.45) is 0 Å². The average Bonchev–Trinajstić information content (AvgIpc) is 3.43. The minimum Gasteiger partial charge on any atom is -0.392 e. The summed E-state index contributed by atoms with van der Waals surface area (Å²) in [4.78, 5) is 4.17. The largest absolute Gasteiger partial charge is 0.392 e. The van der Waals surface area contributed by atoms with Crippen LogP contribution in [-0.4, -0.2) is 24.9 Å². The van der Waals surface area contributed by atoms with Crippen LogP contribution in [0.5, 0.6) is 0 Å². The topological polar surface area (TPSA) is 84.3 Å². The Morgan fingerprint density at radius 1 is 1.03 bits per heavy atom. The summed E-state index contributed by atoms with van der Waals surface area (Å²) in [6, 6.07) is 17.2. The van der Waals surface area contributed by atoms with Gasteiger partial charge in [0, 0.05) is 35.2 Å². The van der Waals surface area contributed by atoms with Gasteiger partial charge in [-0.25, -0.2) is 4.98 Å². The van der Waals surface area contributed by atoms with Crippen molar-refractivity contribution in [1.82, 2.24) is 14.7 Å². The molecular formula is C24H21N3O3. The molecule has 0 spiro atoms. The average molecular weight is 399 g/mol. The van der Waals surface area contributed by atoms with Gasteiger partial charge in [-0.15, -0.1) is 0 Å². The van der Waals surface area contributed by atoms with Crippen molar-refractivity contribution in [1.29, 1.82) is 0 Å². The van der Waals surface area contributed by atoms with E-state index in [1.165, 1.54) is 0 Å². The SMILES string of the molecule is CC(O)c1nccn1Cc1cc(-c2ccc(C#Cc3ccc(CO)cc3)cc2)on1. The zero-order valence-corrected chi connectivity index (χ0v) is 16.5. The van der Waals surface area contributed by atoms with E-state index < -0.39 is 6.10 Å². The van der Waals surface area contributed by atoms with Gasteiger partial charge in [-0.1, -0.05) is 29.1 Å². The van der Waals surface area contributed by atoms with E-state index in [-0.39, 0.29) is 6.61 Å². The second kappa shape index (κ2) is 8.78. The molecule has 6 heteroatoms. The predicted octanol–water partition coefficient (Wildman–Crippen LogP) is 3.53. The quantitative estimate of drug-likeness (QED) is 0.502. The number of aliphatic hydroxyl groups excluding tert-OH is 2. The van der Waals surface area contributed by atoms with Crippen LogP contribution in [0.2, 0.25) is 0 Å². The summed E-state index contributed by atoms with van der Waals surface area (Å²) in [5, 5.41) is 23.0. The zero-order valence-electron chi connectivity index (χ0n) is 16.5. The Labute approximate surface area is 174 Å². The van der Waals surface area contributed by atoms with E-state index in [0.29, 0.717) is 18.1 Å². The molecule has 0 aliphatic heterocycles. The molecule has 2 aromatic heterocycles.